The number of hydrogen-bond donors (Lipinski definition) is 2. The molecule has 0 saturated heterocycles. The van der Waals surface area contributed by atoms with Crippen molar-refractivity contribution >= 4 is 47.1 Å². The minimum absolute atomic E-state index is 0.763. The SMILES string of the molecule is SCCc1ccc2c3ccccc3n(-c3ccc(CS)cc3)c2c1. The van der Waals surface area contributed by atoms with E-state index in [-0.39, 0.29) is 0 Å². The van der Waals surface area contributed by atoms with Gasteiger partial charge < -0.3 is 4.57 Å². The standard InChI is InChI=1S/C21H19NS2/c23-12-11-15-7-10-19-18-3-1-2-4-20(18)22(21(19)13-15)17-8-5-16(14-24)6-9-17/h1-10,13,23-24H,11-12,14H2. The van der Waals surface area contributed by atoms with Gasteiger partial charge in [0.25, 0.3) is 0 Å². The van der Waals surface area contributed by atoms with Gasteiger partial charge in [0, 0.05) is 22.2 Å². The summed E-state index contributed by atoms with van der Waals surface area (Å²) in [5, 5.41) is 2.59. The summed E-state index contributed by atoms with van der Waals surface area (Å²) in [6.07, 6.45) is 0.985. The lowest BCUT2D eigenvalue weighted by molar-refractivity contribution is 1.14. The number of hydrogen-bond acceptors (Lipinski definition) is 2. The summed E-state index contributed by atoms with van der Waals surface area (Å²) in [5.74, 6) is 1.63. The summed E-state index contributed by atoms with van der Waals surface area (Å²) in [5.41, 5.74) is 6.25. The number of aromatic nitrogens is 1. The van der Waals surface area contributed by atoms with Gasteiger partial charge in [0.2, 0.25) is 0 Å². The lowest BCUT2D eigenvalue weighted by Gasteiger charge is -2.09. The molecule has 0 aliphatic carbocycles. The van der Waals surface area contributed by atoms with Crippen molar-refractivity contribution in [3.63, 3.8) is 0 Å². The van der Waals surface area contributed by atoms with Crippen molar-refractivity contribution in [2.45, 2.75) is 12.2 Å². The second-order valence-electron chi connectivity index (χ2n) is 6.00. The Morgan fingerprint density at radius 3 is 2.17 bits per heavy atom. The fraction of sp³-hybridized carbons (Fsp3) is 0.143. The molecule has 0 N–H and O–H groups in total. The summed E-state index contributed by atoms with van der Waals surface area (Å²) in [6.45, 7) is 0. The van der Waals surface area contributed by atoms with Crippen LogP contribution in [-0.2, 0) is 12.2 Å². The molecule has 0 radical (unpaired) electrons. The van der Waals surface area contributed by atoms with Crippen molar-refractivity contribution in [1.29, 1.82) is 0 Å². The molecule has 1 nitrogen and oxygen atoms in total. The first kappa shape index (κ1) is 15.7. The predicted molar refractivity (Wildman–Crippen MR) is 111 cm³/mol. The number of nitrogens with zero attached hydrogens (tertiary/aromatic N) is 1. The molecule has 4 aromatic rings. The highest BCUT2D eigenvalue weighted by molar-refractivity contribution is 7.80. The first-order valence-corrected chi connectivity index (χ1v) is 9.41. The molecule has 0 bridgehead atoms. The number of aryl methyl sites for hydroxylation is 1. The summed E-state index contributed by atoms with van der Waals surface area (Å²) in [7, 11) is 0. The van der Waals surface area contributed by atoms with Crippen LogP contribution >= 0.6 is 25.3 Å². The molecule has 120 valence electrons. The van der Waals surface area contributed by atoms with E-state index in [1.807, 2.05) is 0 Å². The van der Waals surface area contributed by atoms with Crippen LogP contribution < -0.4 is 0 Å². The van der Waals surface area contributed by atoms with Gasteiger partial charge in [-0.05, 0) is 47.6 Å². The second-order valence-corrected chi connectivity index (χ2v) is 6.77. The lowest BCUT2D eigenvalue weighted by Crippen LogP contribution is -1.95. The van der Waals surface area contributed by atoms with Gasteiger partial charge in [-0.3, -0.25) is 0 Å². The zero-order valence-corrected chi connectivity index (χ0v) is 15.1. The third-order valence-electron chi connectivity index (χ3n) is 4.52. The molecule has 0 spiro atoms. The Kier molecular flexibility index (Phi) is 4.30. The number of fused-ring (bicyclic) bond motifs is 3. The Morgan fingerprint density at radius 1 is 0.708 bits per heavy atom. The Balaban J connectivity index is 2.03. The molecule has 0 aliphatic heterocycles. The van der Waals surface area contributed by atoms with Gasteiger partial charge in [-0.25, -0.2) is 0 Å². The fourth-order valence-electron chi connectivity index (χ4n) is 3.33. The Labute approximate surface area is 153 Å². The number of para-hydroxylation sites is 1. The van der Waals surface area contributed by atoms with Crippen LogP contribution in [0.1, 0.15) is 11.1 Å². The molecule has 3 aromatic carbocycles. The number of benzene rings is 3. The predicted octanol–water partition coefficient (Wildman–Crippen LogP) is 5.69. The smallest absolute Gasteiger partial charge is 0.0543 e. The van der Waals surface area contributed by atoms with E-state index in [4.69, 9.17) is 0 Å². The van der Waals surface area contributed by atoms with Crippen molar-refractivity contribution in [1.82, 2.24) is 4.57 Å². The lowest BCUT2D eigenvalue weighted by atomic mass is 10.1. The van der Waals surface area contributed by atoms with Crippen molar-refractivity contribution in [2.24, 2.45) is 0 Å². The van der Waals surface area contributed by atoms with E-state index in [0.29, 0.717) is 0 Å². The van der Waals surface area contributed by atoms with Gasteiger partial charge in [-0.15, -0.1) is 0 Å². The Morgan fingerprint density at radius 2 is 1.42 bits per heavy atom. The summed E-state index contributed by atoms with van der Waals surface area (Å²) in [4.78, 5) is 0. The zero-order chi connectivity index (χ0) is 16.5. The summed E-state index contributed by atoms with van der Waals surface area (Å²) in [6, 6.07) is 24.1. The normalized spacial score (nSPS) is 11.4. The largest absolute Gasteiger partial charge is 0.309 e. The van der Waals surface area contributed by atoms with Crippen LogP contribution in [0, 0.1) is 0 Å². The van der Waals surface area contributed by atoms with Crippen LogP contribution in [-0.4, -0.2) is 10.3 Å². The monoisotopic (exact) mass is 349 g/mol. The van der Waals surface area contributed by atoms with Crippen LogP contribution in [0.15, 0.2) is 66.7 Å². The minimum Gasteiger partial charge on any atom is -0.309 e. The van der Waals surface area contributed by atoms with Crippen LogP contribution in [0.4, 0.5) is 0 Å². The van der Waals surface area contributed by atoms with E-state index < -0.39 is 0 Å². The fourth-order valence-corrected chi connectivity index (χ4v) is 3.80. The highest BCUT2D eigenvalue weighted by Crippen LogP contribution is 2.32. The molecule has 0 unspecified atom stereocenters. The highest BCUT2D eigenvalue weighted by Gasteiger charge is 2.12. The van der Waals surface area contributed by atoms with Gasteiger partial charge in [-0.1, -0.05) is 42.5 Å². The maximum atomic E-state index is 4.38. The maximum absolute atomic E-state index is 4.38. The van der Waals surface area contributed by atoms with Crippen LogP contribution in [0.3, 0.4) is 0 Å². The molecule has 0 saturated carbocycles. The van der Waals surface area contributed by atoms with E-state index in [2.05, 4.69) is 96.6 Å². The third kappa shape index (κ3) is 2.62. The van der Waals surface area contributed by atoms with Crippen molar-refractivity contribution in [3.05, 3.63) is 77.9 Å². The molecular formula is C21H19NS2. The van der Waals surface area contributed by atoms with Crippen LogP contribution in [0.2, 0.25) is 0 Å². The molecule has 0 fully saturated rings. The average molecular weight is 350 g/mol. The van der Waals surface area contributed by atoms with E-state index in [0.717, 1.165) is 17.9 Å². The van der Waals surface area contributed by atoms with Crippen molar-refractivity contribution < 1.29 is 0 Å². The topological polar surface area (TPSA) is 4.93 Å². The Hall–Kier alpha value is -1.84. The minimum atomic E-state index is 0.763. The van der Waals surface area contributed by atoms with Gasteiger partial charge in [0.1, 0.15) is 0 Å². The van der Waals surface area contributed by atoms with Crippen LogP contribution in [0.5, 0.6) is 0 Å². The Bertz CT molecular complexity index is 1000. The number of rotatable bonds is 4. The average Bonchev–Trinajstić information content (AvgIpc) is 2.96. The molecule has 1 aromatic heterocycles. The second kappa shape index (κ2) is 6.58. The molecule has 3 heteroatoms. The van der Waals surface area contributed by atoms with Crippen molar-refractivity contribution in [3.8, 4) is 5.69 Å². The van der Waals surface area contributed by atoms with E-state index >= 15 is 0 Å². The quantitative estimate of drug-likeness (QED) is 0.437. The van der Waals surface area contributed by atoms with E-state index in [9.17, 15) is 0 Å². The molecule has 1 heterocycles. The maximum Gasteiger partial charge on any atom is 0.0543 e. The molecule has 0 atom stereocenters. The van der Waals surface area contributed by atoms with Gasteiger partial charge >= 0.3 is 0 Å². The van der Waals surface area contributed by atoms with Gasteiger partial charge in [0.15, 0.2) is 0 Å². The van der Waals surface area contributed by atoms with Gasteiger partial charge in [-0.2, -0.15) is 25.3 Å². The molecular weight excluding hydrogens is 330 g/mol. The van der Waals surface area contributed by atoms with Gasteiger partial charge in [0.05, 0.1) is 11.0 Å². The van der Waals surface area contributed by atoms with Crippen molar-refractivity contribution in [2.75, 3.05) is 5.75 Å². The first-order valence-electron chi connectivity index (χ1n) is 8.15. The first-order chi connectivity index (χ1) is 11.8. The molecule has 24 heavy (non-hydrogen) atoms. The molecule has 0 aliphatic rings. The zero-order valence-electron chi connectivity index (χ0n) is 13.3. The van der Waals surface area contributed by atoms with E-state index in [1.165, 1.54) is 38.6 Å². The highest BCUT2D eigenvalue weighted by atomic mass is 32.1. The molecule has 4 rings (SSSR count). The van der Waals surface area contributed by atoms with E-state index in [1.54, 1.807) is 0 Å². The summed E-state index contributed by atoms with van der Waals surface area (Å²) >= 11 is 8.74. The third-order valence-corrected chi connectivity index (χ3v) is 5.10. The summed E-state index contributed by atoms with van der Waals surface area (Å²) < 4.78 is 2.36. The van der Waals surface area contributed by atoms with Crippen LogP contribution in [0.25, 0.3) is 27.5 Å². The molecule has 0 amide bonds. The number of thiol groups is 2.